The predicted molar refractivity (Wildman–Crippen MR) is 65.6 cm³/mol. The van der Waals surface area contributed by atoms with Crippen LogP contribution in [-0.4, -0.2) is 24.7 Å². The molecule has 0 heterocycles. The van der Waals surface area contributed by atoms with E-state index in [2.05, 4.69) is 0 Å². The summed E-state index contributed by atoms with van der Waals surface area (Å²) in [5, 5.41) is 0. The smallest absolute Gasteiger partial charge is 0.329 e. The van der Waals surface area contributed by atoms with Crippen LogP contribution in [-0.2, 0) is 14.9 Å². The van der Waals surface area contributed by atoms with Gasteiger partial charge in [-0.25, -0.2) is 0 Å². The summed E-state index contributed by atoms with van der Waals surface area (Å²) in [6, 6.07) is 4.52. The van der Waals surface area contributed by atoms with Crippen molar-refractivity contribution in [2.75, 3.05) is 11.5 Å². The van der Waals surface area contributed by atoms with E-state index in [-0.39, 0.29) is 5.75 Å². The van der Waals surface area contributed by atoms with E-state index >= 15 is 0 Å². The van der Waals surface area contributed by atoms with Crippen LogP contribution in [0.5, 0.6) is 5.75 Å². The molecule has 3 N–H and O–H groups in total. The highest BCUT2D eigenvalue weighted by molar-refractivity contribution is 14.1. The summed E-state index contributed by atoms with van der Waals surface area (Å²) in [6.45, 7) is 0. The lowest BCUT2D eigenvalue weighted by molar-refractivity contribution is -0.131. The minimum absolute atomic E-state index is 0.198. The molecule has 0 aliphatic heterocycles. The van der Waals surface area contributed by atoms with Gasteiger partial charge in [0.2, 0.25) is 0 Å². The molecular weight excluding hydrogens is 349 g/mol. The maximum atomic E-state index is 11.1. The van der Waals surface area contributed by atoms with E-state index in [1.54, 1.807) is 6.07 Å². The lowest BCUT2D eigenvalue weighted by Crippen LogP contribution is -2.20. The molecule has 0 fully saturated rings. The molecule has 88 valence electrons. The van der Waals surface area contributed by atoms with Crippen molar-refractivity contribution in [3.05, 3.63) is 21.8 Å². The molecule has 0 saturated heterocycles. The highest BCUT2D eigenvalue weighted by Gasteiger charge is 2.16. The van der Waals surface area contributed by atoms with Crippen LogP contribution < -0.4 is 10.5 Å². The van der Waals surface area contributed by atoms with E-state index in [0.29, 0.717) is 9.26 Å². The number of benzene rings is 1. The molecule has 0 bridgehead atoms. The first-order valence-corrected chi connectivity index (χ1v) is 6.67. The van der Waals surface area contributed by atoms with Gasteiger partial charge in [0.15, 0.2) is 5.75 Å². The largest absolute Gasteiger partial charge is 0.425 e. The van der Waals surface area contributed by atoms with Crippen LogP contribution in [0.1, 0.15) is 0 Å². The third kappa shape index (κ3) is 4.33. The van der Waals surface area contributed by atoms with Crippen molar-refractivity contribution in [3.8, 4) is 5.75 Å². The van der Waals surface area contributed by atoms with Crippen molar-refractivity contribution >= 4 is 44.4 Å². The van der Waals surface area contributed by atoms with Gasteiger partial charge in [0, 0.05) is 5.69 Å². The fourth-order valence-corrected chi connectivity index (χ4v) is 1.91. The third-order valence-electron chi connectivity index (χ3n) is 1.48. The molecular formula is C8H8INO5S. The Hall–Kier alpha value is -0.870. The van der Waals surface area contributed by atoms with Crippen LogP contribution in [0.25, 0.3) is 0 Å². The molecule has 0 aliphatic rings. The van der Waals surface area contributed by atoms with Crippen LogP contribution >= 0.6 is 22.6 Å². The van der Waals surface area contributed by atoms with Gasteiger partial charge in [-0.05, 0) is 40.8 Å². The van der Waals surface area contributed by atoms with Crippen molar-refractivity contribution in [3.63, 3.8) is 0 Å². The maximum absolute atomic E-state index is 11.1. The van der Waals surface area contributed by atoms with E-state index in [4.69, 9.17) is 15.0 Å². The molecule has 1 rings (SSSR count). The minimum Gasteiger partial charge on any atom is -0.425 e. The maximum Gasteiger partial charge on any atom is 0.329 e. The first kappa shape index (κ1) is 13.2. The molecule has 0 aliphatic carbocycles. The number of esters is 1. The minimum atomic E-state index is -4.37. The lowest BCUT2D eigenvalue weighted by Gasteiger charge is -2.05. The second-order valence-electron chi connectivity index (χ2n) is 2.89. The third-order valence-corrected chi connectivity index (χ3v) is 2.92. The summed E-state index contributed by atoms with van der Waals surface area (Å²) in [5.74, 6) is -1.93. The van der Waals surface area contributed by atoms with Crippen LogP contribution in [0, 0.1) is 3.57 Å². The van der Waals surface area contributed by atoms with Crippen LogP contribution in [0.3, 0.4) is 0 Å². The highest BCUT2D eigenvalue weighted by Crippen LogP contribution is 2.23. The van der Waals surface area contributed by atoms with Crippen molar-refractivity contribution in [1.82, 2.24) is 0 Å². The first-order valence-electron chi connectivity index (χ1n) is 3.99. The van der Waals surface area contributed by atoms with E-state index in [0.717, 1.165) is 0 Å². The Labute approximate surface area is 106 Å². The monoisotopic (exact) mass is 357 g/mol. The lowest BCUT2D eigenvalue weighted by atomic mass is 10.3. The van der Waals surface area contributed by atoms with Gasteiger partial charge in [-0.1, -0.05) is 0 Å². The average Bonchev–Trinajstić information content (AvgIpc) is 2.06. The van der Waals surface area contributed by atoms with Gasteiger partial charge >= 0.3 is 5.97 Å². The summed E-state index contributed by atoms with van der Waals surface area (Å²) < 4.78 is 34.5. The van der Waals surface area contributed by atoms with Gasteiger partial charge in [0.05, 0.1) is 3.57 Å². The highest BCUT2D eigenvalue weighted by atomic mass is 127. The van der Waals surface area contributed by atoms with Crippen molar-refractivity contribution < 1.29 is 22.5 Å². The average molecular weight is 357 g/mol. The molecule has 0 radical (unpaired) electrons. The number of halogens is 1. The number of rotatable bonds is 3. The molecule has 0 unspecified atom stereocenters. The number of ether oxygens (including phenoxy) is 1. The van der Waals surface area contributed by atoms with Crippen LogP contribution in [0.15, 0.2) is 18.2 Å². The molecule has 0 saturated carbocycles. The number of carbonyl (C=O) groups excluding carboxylic acids is 1. The molecule has 1 aromatic rings. The fraction of sp³-hybridized carbons (Fsp3) is 0.125. The Balaban J connectivity index is 2.78. The number of hydrogen-bond donors (Lipinski definition) is 2. The second-order valence-corrected chi connectivity index (χ2v) is 5.50. The fourth-order valence-electron chi connectivity index (χ4n) is 0.901. The molecule has 6 nitrogen and oxygen atoms in total. The molecule has 0 aromatic heterocycles. The Bertz CT molecular complexity index is 513. The van der Waals surface area contributed by atoms with Gasteiger partial charge in [0.25, 0.3) is 10.1 Å². The SMILES string of the molecule is Nc1ccc(OC(=O)CS(=O)(=O)O)c(I)c1. The van der Waals surface area contributed by atoms with E-state index in [1.165, 1.54) is 12.1 Å². The predicted octanol–water partition coefficient (Wildman–Crippen LogP) is 0.667. The van der Waals surface area contributed by atoms with Gasteiger partial charge in [-0.15, -0.1) is 0 Å². The van der Waals surface area contributed by atoms with Gasteiger partial charge < -0.3 is 10.5 Å². The van der Waals surface area contributed by atoms with Crippen molar-refractivity contribution in [2.45, 2.75) is 0 Å². The van der Waals surface area contributed by atoms with Gasteiger partial charge in [-0.2, -0.15) is 8.42 Å². The van der Waals surface area contributed by atoms with Crippen LogP contribution in [0.2, 0.25) is 0 Å². The van der Waals surface area contributed by atoms with E-state index < -0.39 is 21.8 Å². The number of anilines is 1. The summed E-state index contributed by atoms with van der Waals surface area (Å²) in [5.41, 5.74) is 5.98. The summed E-state index contributed by atoms with van der Waals surface area (Å²) >= 11 is 1.89. The molecule has 0 amide bonds. The van der Waals surface area contributed by atoms with Crippen molar-refractivity contribution in [1.29, 1.82) is 0 Å². The van der Waals surface area contributed by atoms with E-state index in [1.807, 2.05) is 22.6 Å². The Morgan fingerprint density at radius 1 is 1.50 bits per heavy atom. The van der Waals surface area contributed by atoms with Crippen LogP contribution in [0.4, 0.5) is 5.69 Å². The Morgan fingerprint density at radius 2 is 2.12 bits per heavy atom. The zero-order valence-corrected chi connectivity index (χ0v) is 10.9. The molecule has 0 spiro atoms. The number of nitrogens with two attached hydrogens (primary N) is 1. The topological polar surface area (TPSA) is 107 Å². The normalized spacial score (nSPS) is 11.1. The number of hydrogen-bond acceptors (Lipinski definition) is 5. The second kappa shape index (κ2) is 4.97. The van der Waals surface area contributed by atoms with Crippen molar-refractivity contribution in [2.24, 2.45) is 0 Å². The zero-order chi connectivity index (χ0) is 12.3. The summed E-state index contributed by atoms with van der Waals surface area (Å²) in [4.78, 5) is 11.1. The number of nitrogen functional groups attached to an aromatic ring is 1. The molecule has 16 heavy (non-hydrogen) atoms. The van der Waals surface area contributed by atoms with Gasteiger partial charge in [0.1, 0.15) is 5.75 Å². The summed E-state index contributed by atoms with van der Waals surface area (Å²) in [7, 11) is -4.37. The number of carbonyl (C=O) groups is 1. The molecule has 8 heteroatoms. The summed E-state index contributed by atoms with van der Waals surface area (Å²) in [6.07, 6.45) is 0. The Morgan fingerprint density at radius 3 is 2.62 bits per heavy atom. The molecule has 0 atom stereocenters. The quantitative estimate of drug-likeness (QED) is 0.271. The molecule has 1 aromatic carbocycles. The standard InChI is InChI=1S/C8H8INO5S/c9-6-3-5(10)1-2-7(6)15-8(11)4-16(12,13)14/h1-3H,4,10H2,(H,12,13,14). The van der Waals surface area contributed by atoms with E-state index in [9.17, 15) is 13.2 Å². The first-order chi connectivity index (χ1) is 7.28. The Kier molecular flexibility index (Phi) is 4.10. The van der Waals surface area contributed by atoms with Gasteiger partial charge in [-0.3, -0.25) is 9.35 Å². The zero-order valence-electron chi connectivity index (χ0n) is 7.88.